The summed E-state index contributed by atoms with van der Waals surface area (Å²) in [6.45, 7) is 0.354. The van der Waals surface area contributed by atoms with E-state index in [1.807, 2.05) is 24.3 Å². The average molecular weight is 330 g/mol. The fourth-order valence-electron chi connectivity index (χ4n) is 2.45. The van der Waals surface area contributed by atoms with Gasteiger partial charge >= 0.3 is 5.69 Å². The molecule has 0 aliphatic rings. The van der Waals surface area contributed by atoms with Crippen LogP contribution in [0.2, 0.25) is 0 Å². The van der Waals surface area contributed by atoms with E-state index in [-0.39, 0.29) is 11.4 Å². The summed E-state index contributed by atoms with van der Waals surface area (Å²) >= 11 is 0. The van der Waals surface area contributed by atoms with Crippen LogP contribution in [-0.4, -0.2) is 28.5 Å². The molecule has 0 spiro atoms. The third-order valence-electron chi connectivity index (χ3n) is 3.57. The highest BCUT2D eigenvalue weighted by Crippen LogP contribution is 2.32. The van der Waals surface area contributed by atoms with Gasteiger partial charge in [0.1, 0.15) is 17.3 Å². The molecule has 0 aliphatic carbocycles. The lowest BCUT2D eigenvalue weighted by atomic mass is 10.2. The molecule has 0 unspecified atom stereocenters. The Balaban J connectivity index is 1.76. The van der Waals surface area contributed by atoms with Crippen LogP contribution in [-0.2, 0) is 6.42 Å². The SMILES string of the molecule is COc1cc(F)c([N+](=O)[O-])c(NCCc2nc3ccccc3[nH]2)c1. The maximum absolute atomic E-state index is 13.9. The summed E-state index contributed by atoms with van der Waals surface area (Å²) in [6, 6.07) is 10.0. The minimum absolute atomic E-state index is 0.0768. The number of para-hydroxylation sites is 2. The number of nitrogens with zero attached hydrogens (tertiary/aromatic N) is 2. The molecule has 0 bridgehead atoms. The number of benzene rings is 2. The second-order valence-electron chi connectivity index (χ2n) is 5.14. The van der Waals surface area contributed by atoms with E-state index in [2.05, 4.69) is 15.3 Å². The van der Waals surface area contributed by atoms with Crippen molar-refractivity contribution in [3.63, 3.8) is 0 Å². The maximum Gasteiger partial charge on any atom is 0.327 e. The van der Waals surface area contributed by atoms with E-state index < -0.39 is 16.4 Å². The van der Waals surface area contributed by atoms with Crippen molar-refractivity contribution in [3.05, 3.63) is 58.2 Å². The molecular weight excluding hydrogens is 315 g/mol. The number of nitro benzene ring substituents is 1. The van der Waals surface area contributed by atoms with Gasteiger partial charge in [0.15, 0.2) is 0 Å². The Kier molecular flexibility index (Phi) is 4.28. The van der Waals surface area contributed by atoms with Crippen LogP contribution in [0.15, 0.2) is 36.4 Å². The van der Waals surface area contributed by atoms with Gasteiger partial charge in [0, 0.05) is 25.1 Å². The van der Waals surface area contributed by atoms with Gasteiger partial charge in [-0.1, -0.05) is 12.1 Å². The number of halogens is 1. The molecule has 0 radical (unpaired) electrons. The zero-order valence-electron chi connectivity index (χ0n) is 12.9. The van der Waals surface area contributed by atoms with Crippen molar-refractivity contribution in [2.75, 3.05) is 19.0 Å². The number of hydrogen-bond acceptors (Lipinski definition) is 5. The Hall–Kier alpha value is -3.16. The third-order valence-corrected chi connectivity index (χ3v) is 3.57. The highest BCUT2D eigenvalue weighted by Gasteiger charge is 2.22. The van der Waals surface area contributed by atoms with E-state index in [9.17, 15) is 14.5 Å². The van der Waals surface area contributed by atoms with E-state index in [0.717, 1.165) is 22.9 Å². The lowest BCUT2D eigenvalue weighted by Gasteiger charge is -2.09. The molecule has 3 rings (SSSR count). The molecule has 124 valence electrons. The Bertz CT molecular complexity index is 861. The number of anilines is 1. The fraction of sp³-hybridized carbons (Fsp3) is 0.188. The van der Waals surface area contributed by atoms with Crippen LogP contribution in [0.3, 0.4) is 0 Å². The number of rotatable bonds is 6. The van der Waals surface area contributed by atoms with Gasteiger partial charge in [-0.05, 0) is 12.1 Å². The molecule has 1 aromatic heterocycles. The maximum atomic E-state index is 13.9. The zero-order valence-corrected chi connectivity index (χ0v) is 12.9. The number of nitro groups is 1. The largest absolute Gasteiger partial charge is 0.497 e. The van der Waals surface area contributed by atoms with E-state index >= 15 is 0 Å². The van der Waals surface area contributed by atoms with Crippen molar-refractivity contribution in [2.24, 2.45) is 0 Å². The highest BCUT2D eigenvalue weighted by molar-refractivity contribution is 5.74. The monoisotopic (exact) mass is 330 g/mol. The Morgan fingerprint density at radius 1 is 1.38 bits per heavy atom. The summed E-state index contributed by atoms with van der Waals surface area (Å²) in [4.78, 5) is 17.9. The van der Waals surface area contributed by atoms with Crippen LogP contribution in [0.25, 0.3) is 11.0 Å². The highest BCUT2D eigenvalue weighted by atomic mass is 19.1. The molecule has 0 fully saturated rings. The molecule has 7 nitrogen and oxygen atoms in total. The Morgan fingerprint density at radius 3 is 2.88 bits per heavy atom. The van der Waals surface area contributed by atoms with Gasteiger partial charge in [0.2, 0.25) is 5.82 Å². The summed E-state index contributed by atoms with van der Waals surface area (Å²) in [6.07, 6.45) is 0.505. The molecule has 2 N–H and O–H groups in total. The first-order chi connectivity index (χ1) is 11.6. The number of fused-ring (bicyclic) bond motifs is 1. The topological polar surface area (TPSA) is 93.1 Å². The van der Waals surface area contributed by atoms with Crippen LogP contribution >= 0.6 is 0 Å². The molecule has 0 aliphatic heterocycles. The molecule has 8 heteroatoms. The number of nitrogens with one attached hydrogen (secondary N) is 2. The number of H-pyrrole nitrogens is 1. The first-order valence-electron chi connectivity index (χ1n) is 7.28. The third kappa shape index (κ3) is 3.12. The van der Waals surface area contributed by atoms with Gasteiger partial charge in [-0.2, -0.15) is 4.39 Å². The summed E-state index contributed by atoms with van der Waals surface area (Å²) in [5.41, 5.74) is 1.25. The van der Waals surface area contributed by atoms with E-state index in [1.165, 1.54) is 13.2 Å². The van der Waals surface area contributed by atoms with E-state index in [0.29, 0.717) is 13.0 Å². The van der Waals surface area contributed by atoms with E-state index in [1.54, 1.807) is 0 Å². The second kappa shape index (κ2) is 6.53. The summed E-state index contributed by atoms with van der Waals surface area (Å²) in [7, 11) is 1.37. The van der Waals surface area contributed by atoms with Gasteiger partial charge in [-0.25, -0.2) is 4.98 Å². The van der Waals surface area contributed by atoms with Gasteiger partial charge in [0.05, 0.1) is 23.1 Å². The average Bonchev–Trinajstić information content (AvgIpc) is 2.96. The number of ether oxygens (including phenoxy) is 1. The lowest BCUT2D eigenvalue weighted by Crippen LogP contribution is -2.09. The molecule has 0 atom stereocenters. The summed E-state index contributed by atoms with van der Waals surface area (Å²) in [5.74, 6) is 0.0182. The molecule has 2 aromatic carbocycles. The van der Waals surface area contributed by atoms with Crippen LogP contribution in [0.1, 0.15) is 5.82 Å². The molecule has 0 amide bonds. The fourth-order valence-corrected chi connectivity index (χ4v) is 2.45. The van der Waals surface area contributed by atoms with Crippen LogP contribution in [0, 0.1) is 15.9 Å². The second-order valence-corrected chi connectivity index (χ2v) is 5.14. The minimum Gasteiger partial charge on any atom is -0.497 e. The number of hydrogen-bond donors (Lipinski definition) is 2. The zero-order chi connectivity index (χ0) is 17.1. The van der Waals surface area contributed by atoms with Gasteiger partial charge in [0.25, 0.3) is 0 Å². The van der Waals surface area contributed by atoms with Crippen LogP contribution in [0.5, 0.6) is 5.75 Å². The molecule has 0 saturated heterocycles. The Morgan fingerprint density at radius 2 is 2.17 bits per heavy atom. The smallest absolute Gasteiger partial charge is 0.327 e. The Labute approximate surface area is 136 Å². The minimum atomic E-state index is -0.939. The van der Waals surface area contributed by atoms with Crippen LogP contribution < -0.4 is 10.1 Å². The van der Waals surface area contributed by atoms with Gasteiger partial charge in [-0.3, -0.25) is 10.1 Å². The van der Waals surface area contributed by atoms with Gasteiger partial charge in [-0.15, -0.1) is 0 Å². The molecular formula is C16H15FN4O3. The molecule has 1 heterocycles. The standard InChI is InChI=1S/C16H15FN4O3/c1-24-10-8-11(17)16(21(22)23)14(9-10)18-7-6-15-19-12-4-2-3-5-13(12)20-15/h2-5,8-9,18H,6-7H2,1H3,(H,19,20). The molecule has 24 heavy (non-hydrogen) atoms. The molecule has 0 saturated carbocycles. The van der Waals surface area contributed by atoms with E-state index in [4.69, 9.17) is 4.74 Å². The molecule has 3 aromatic rings. The number of imidazole rings is 1. The van der Waals surface area contributed by atoms with Crippen molar-refractivity contribution < 1.29 is 14.1 Å². The lowest BCUT2D eigenvalue weighted by molar-refractivity contribution is -0.386. The normalized spacial score (nSPS) is 10.8. The van der Waals surface area contributed by atoms with Crippen molar-refractivity contribution in [1.82, 2.24) is 9.97 Å². The number of aromatic nitrogens is 2. The number of aromatic amines is 1. The first kappa shape index (κ1) is 15.7. The van der Waals surface area contributed by atoms with Crippen molar-refractivity contribution >= 4 is 22.4 Å². The summed E-state index contributed by atoms with van der Waals surface area (Å²) < 4.78 is 18.8. The first-order valence-corrected chi connectivity index (χ1v) is 7.28. The predicted molar refractivity (Wildman–Crippen MR) is 87.9 cm³/mol. The van der Waals surface area contributed by atoms with Crippen molar-refractivity contribution in [2.45, 2.75) is 6.42 Å². The predicted octanol–water partition coefficient (Wildman–Crippen LogP) is 3.27. The quantitative estimate of drug-likeness (QED) is 0.534. The van der Waals surface area contributed by atoms with Gasteiger partial charge < -0.3 is 15.0 Å². The van der Waals surface area contributed by atoms with Crippen LogP contribution in [0.4, 0.5) is 15.8 Å². The summed E-state index contributed by atoms with van der Waals surface area (Å²) in [5, 5.41) is 13.9. The van der Waals surface area contributed by atoms with Crippen molar-refractivity contribution in [3.8, 4) is 5.75 Å². The number of methoxy groups -OCH3 is 1. The van der Waals surface area contributed by atoms with Crippen molar-refractivity contribution in [1.29, 1.82) is 0 Å².